The van der Waals surface area contributed by atoms with Crippen LogP contribution in [-0.4, -0.2) is 34.8 Å². The maximum atomic E-state index is 13.7. The molecule has 1 aromatic heterocycles. The third-order valence-corrected chi connectivity index (χ3v) is 5.34. The van der Waals surface area contributed by atoms with E-state index in [0.717, 1.165) is 24.1 Å². The summed E-state index contributed by atoms with van der Waals surface area (Å²) < 4.78 is 13.7. The van der Waals surface area contributed by atoms with Crippen LogP contribution in [0, 0.1) is 17.7 Å². The predicted molar refractivity (Wildman–Crippen MR) is 98.0 cm³/mol. The standard InChI is InChI=1S/C21H22FN3O2/c22-16-5-3-4-15(10-16)18-12-25(21(27)14-7-8-14)13-19(18)20(26)24-11-17-6-1-2-9-23-17/h1-6,9-10,14,18-19H,7-8,11-13H2,(H,24,26). The van der Waals surface area contributed by atoms with E-state index >= 15 is 0 Å². The summed E-state index contributed by atoms with van der Waals surface area (Å²) in [5.41, 5.74) is 1.54. The number of pyridine rings is 1. The van der Waals surface area contributed by atoms with Crippen molar-refractivity contribution in [1.29, 1.82) is 0 Å². The lowest BCUT2D eigenvalue weighted by Crippen LogP contribution is -2.35. The second-order valence-corrected chi connectivity index (χ2v) is 7.32. The number of benzene rings is 1. The highest BCUT2D eigenvalue weighted by Crippen LogP contribution is 2.38. The van der Waals surface area contributed by atoms with Gasteiger partial charge in [0, 0.05) is 31.1 Å². The fourth-order valence-electron chi connectivity index (χ4n) is 3.72. The van der Waals surface area contributed by atoms with Crippen LogP contribution in [0.15, 0.2) is 48.7 Å². The van der Waals surface area contributed by atoms with Crippen molar-refractivity contribution in [2.75, 3.05) is 13.1 Å². The minimum atomic E-state index is -0.391. The van der Waals surface area contributed by atoms with Crippen LogP contribution in [-0.2, 0) is 16.1 Å². The van der Waals surface area contributed by atoms with Crippen LogP contribution in [0.25, 0.3) is 0 Å². The van der Waals surface area contributed by atoms with Gasteiger partial charge >= 0.3 is 0 Å². The molecular formula is C21H22FN3O2. The SMILES string of the molecule is O=C(NCc1ccccn1)C1CN(C(=O)C2CC2)CC1c1cccc(F)c1. The van der Waals surface area contributed by atoms with Crippen molar-refractivity contribution in [3.8, 4) is 0 Å². The number of hydrogen-bond donors (Lipinski definition) is 1. The van der Waals surface area contributed by atoms with Gasteiger partial charge in [0.1, 0.15) is 5.82 Å². The van der Waals surface area contributed by atoms with Crippen molar-refractivity contribution in [1.82, 2.24) is 15.2 Å². The number of halogens is 1. The van der Waals surface area contributed by atoms with Crippen LogP contribution in [0.1, 0.15) is 30.0 Å². The molecule has 2 atom stereocenters. The Labute approximate surface area is 157 Å². The Balaban J connectivity index is 1.51. The Bertz CT molecular complexity index is 838. The van der Waals surface area contributed by atoms with E-state index in [9.17, 15) is 14.0 Å². The Hall–Kier alpha value is -2.76. The first-order valence-corrected chi connectivity index (χ1v) is 9.33. The Morgan fingerprint density at radius 1 is 1.15 bits per heavy atom. The van der Waals surface area contributed by atoms with Gasteiger partial charge in [0.2, 0.25) is 11.8 Å². The molecule has 2 fully saturated rings. The average Bonchev–Trinajstić information content (AvgIpc) is 3.44. The molecule has 0 spiro atoms. The number of carbonyl (C=O) groups excluding carboxylic acids is 2. The Morgan fingerprint density at radius 2 is 2.00 bits per heavy atom. The monoisotopic (exact) mass is 367 g/mol. The zero-order chi connectivity index (χ0) is 18.8. The van der Waals surface area contributed by atoms with Gasteiger partial charge in [-0.15, -0.1) is 0 Å². The molecule has 2 aliphatic rings. The van der Waals surface area contributed by atoms with Crippen molar-refractivity contribution in [2.24, 2.45) is 11.8 Å². The lowest BCUT2D eigenvalue weighted by atomic mass is 9.88. The highest BCUT2D eigenvalue weighted by atomic mass is 19.1. The number of likely N-dealkylation sites (tertiary alicyclic amines) is 1. The van der Waals surface area contributed by atoms with E-state index in [1.807, 2.05) is 24.3 Å². The number of rotatable bonds is 5. The Morgan fingerprint density at radius 3 is 2.70 bits per heavy atom. The van der Waals surface area contributed by atoms with Gasteiger partial charge in [0.15, 0.2) is 0 Å². The molecule has 2 heterocycles. The third kappa shape index (κ3) is 3.99. The second-order valence-electron chi connectivity index (χ2n) is 7.32. The van der Waals surface area contributed by atoms with Crippen LogP contribution < -0.4 is 5.32 Å². The van der Waals surface area contributed by atoms with Crippen molar-refractivity contribution in [2.45, 2.75) is 25.3 Å². The lowest BCUT2D eigenvalue weighted by Gasteiger charge is -2.18. The summed E-state index contributed by atoms with van der Waals surface area (Å²) in [5.74, 6) is -0.816. The number of aromatic nitrogens is 1. The molecule has 0 radical (unpaired) electrons. The largest absolute Gasteiger partial charge is 0.350 e. The normalized spacial score (nSPS) is 21.9. The molecule has 140 valence electrons. The van der Waals surface area contributed by atoms with E-state index in [-0.39, 0.29) is 29.5 Å². The van der Waals surface area contributed by atoms with Gasteiger partial charge in [-0.3, -0.25) is 14.6 Å². The molecule has 6 heteroatoms. The van der Waals surface area contributed by atoms with Gasteiger partial charge in [-0.1, -0.05) is 18.2 Å². The number of nitrogens with one attached hydrogen (secondary N) is 1. The number of carbonyl (C=O) groups is 2. The van der Waals surface area contributed by atoms with Crippen molar-refractivity contribution < 1.29 is 14.0 Å². The molecule has 2 amide bonds. The lowest BCUT2D eigenvalue weighted by molar-refractivity contribution is -0.132. The van der Waals surface area contributed by atoms with Gasteiger partial charge < -0.3 is 10.2 Å². The van der Waals surface area contributed by atoms with E-state index in [0.29, 0.717) is 19.6 Å². The molecule has 1 N–H and O–H groups in total. The van der Waals surface area contributed by atoms with Crippen LogP contribution >= 0.6 is 0 Å². The van der Waals surface area contributed by atoms with Crippen molar-refractivity contribution in [3.63, 3.8) is 0 Å². The molecule has 4 rings (SSSR count). The van der Waals surface area contributed by atoms with Crippen LogP contribution in [0.4, 0.5) is 4.39 Å². The summed E-state index contributed by atoms with van der Waals surface area (Å²) in [6.45, 7) is 1.17. The average molecular weight is 367 g/mol. The second kappa shape index (κ2) is 7.47. The first kappa shape index (κ1) is 17.6. The quantitative estimate of drug-likeness (QED) is 0.883. The summed E-state index contributed by atoms with van der Waals surface area (Å²) in [4.78, 5) is 31.4. The van der Waals surface area contributed by atoms with Gasteiger partial charge in [-0.2, -0.15) is 0 Å². The highest BCUT2D eigenvalue weighted by Gasteiger charge is 2.43. The molecule has 1 saturated heterocycles. The smallest absolute Gasteiger partial charge is 0.225 e. The zero-order valence-electron chi connectivity index (χ0n) is 15.0. The number of nitrogens with zero attached hydrogens (tertiary/aromatic N) is 2. The Kier molecular flexibility index (Phi) is 4.88. The van der Waals surface area contributed by atoms with E-state index < -0.39 is 5.92 Å². The van der Waals surface area contributed by atoms with Gasteiger partial charge in [0.05, 0.1) is 18.2 Å². The molecule has 1 aliphatic carbocycles. The molecule has 27 heavy (non-hydrogen) atoms. The summed E-state index contributed by atoms with van der Waals surface area (Å²) in [6.07, 6.45) is 3.54. The molecular weight excluding hydrogens is 345 g/mol. The summed E-state index contributed by atoms with van der Waals surface area (Å²) in [6, 6.07) is 11.9. The third-order valence-electron chi connectivity index (χ3n) is 5.34. The summed E-state index contributed by atoms with van der Waals surface area (Å²) in [5, 5.41) is 2.93. The maximum absolute atomic E-state index is 13.7. The molecule has 5 nitrogen and oxygen atoms in total. The van der Waals surface area contributed by atoms with Gasteiger partial charge in [-0.25, -0.2) is 4.39 Å². The summed E-state index contributed by atoms with van der Waals surface area (Å²) in [7, 11) is 0. The minimum absolute atomic E-state index is 0.105. The fourth-order valence-corrected chi connectivity index (χ4v) is 3.72. The summed E-state index contributed by atoms with van der Waals surface area (Å²) >= 11 is 0. The van der Waals surface area contributed by atoms with Crippen LogP contribution in [0.5, 0.6) is 0 Å². The van der Waals surface area contributed by atoms with Gasteiger partial charge in [-0.05, 0) is 42.7 Å². The van der Waals surface area contributed by atoms with E-state index in [2.05, 4.69) is 10.3 Å². The van der Waals surface area contributed by atoms with Crippen molar-refractivity contribution in [3.05, 3.63) is 65.7 Å². The van der Waals surface area contributed by atoms with E-state index in [4.69, 9.17) is 0 Å². The molecule has 0 bridgehead atoms. The highest BCUT2D eigenvalue weighted by molar-refractivity contribution is 5.85. The molecule has 2 aromatic rings. The molecule has 2 unspecified atom stereocenters. The van der Waals surface area contributed by atoms with Crippen LogP contribution in [0.3, 0.4) is 0 Å². The number of amides is 2. The van der Waals surface area contributed by atoms with Crippen molar-refractivity contribution >= 4 is 11.8 Å². The predicted octanol–water partition coefficient (Wildman–Crippen LogP) is 2.49. The number of hydrogen-bond acceptors (Lipinski definition) is 3. The first-order valence-electron chi connectivity index (χ1n) is 9.33. The van der Waals surface area contributed by atoms with E-state index in [1.54, 1.807) is 17.2 Å². The molecule has 1 saturated carbocycles. The molecule has 1 aromatic carbocycles. The van der Waals surface area contributed by atoms with Gasteiger partial charge in [0.25, 0.3) is 0 Å². The topological polar surface area (TPSA) is 62.3 Å². The van der Waals surface area contributed by atoms with Crippen LogP contribution in [0.2, 0.25) is 0 Å². The fraction of sp³-hybridized carbons (Fsp3) is 0.381. The maximum Gasteiger partial charge on any atom is 0.225 e. The van der Waals surface area contributed by atoms with E-state index in [1.165, 1.54) is 12.1 Å². The molecule has 1 aliphatic heterocycles. The first-order chi connectivity index (χ1) is 13.1. The minimum Gasteiger partial charge on any atom is -0.350 e. The zero-order valence-corrected chi connectivity index (χ0v) is 15.0.